The average Bonchev–Trinajstić information content (AvgIpc) is 2.30. The summed E-state index contributed by atoms with van der Waals surface area (Å²) < 4.78 is 4.79. The van der Waals surface area contributed by atoms with Crippen molar-refractivity contribution in [3.8, 4) is 0 Å². The zero-order chi connectivity index (χ0) is 16.7. The van der Waals surface area contributed by atoms with Crippen molar-refractivity contribution < 1.29 is 19.7 Å². The van der Waals surface area contributed by atoms with Crippen molar-refractivity contribution in [3.05, 3.63) is 35.5 Å². The monoisotopic (exact) mass is 296 g/mol. The van der Waals surface area contributed by atoms with Gasteiger partial charge in [-0.3, -0.25) is 0 Å². The number of rotatable bonds is 7. The lowest BCUT2D eigenvalue weighted by Gasteiger charge is -2.25. The summed E-state index contributed by atoms with van der Waals surface area (Å²) in [4.78, 5) is 11.3. The lowest BCUT2D eigenvalue weighted by Crippen LogP contribution is -2.25. The molecule has 0 aromatic rings. The van der Waals surface area contributed by atoms with Crippen LogP contribution in [0.25, 0.3) is 0 Å². The summed E-state index contributed by atoms with van der Waals surface area (Å²) in [5.74, 6) is -0.425. The maximum absolute atomic E-state index is 11.3. The fourth-order valence-electron chi connectivity index (χ4n) is 1.75. The van der Waals surface area contributed by atoms with Crippen LogP contribution in [0.15, 0.2) is 35.5 Å². The second kappa shape index (κ2) is 8.15. The Hall–Kier alpha value is -1.39. The third-order valence-electron chi connectivity index (χ3n) is 3.00. The van der Waals surface area contributed by atoms with Crippen molar-refractivity contribution in [2.24, 2.45) is 0 Å². The molecule has 0 aliphatic rings. The first-order chi connectivity index (χ1) is 9.52. The summed E-state index contributed by atoms with van der Waals surface area (Å²) in [6.45, 7) is 10.7. The van der Waals surface area contributed by atoms with Crippen molar-refractivity contribution in [3.63, 3.8) is 0 Å². The van der Waals surface area contributed by atoms with Gasteiger partial charge in [0.15, 0.2) is 0 Å². The van der Waals surface area contributed by atoms with Crippen molar-refractivity contribution in [2.45, 2.75) is 59.2 Å². The maximum Gasteiger partial charge on any atom is 0.330 e. The normalized spacial score (nSPS) is 14.7. The Labute approximate surface area is 127 Å². The summed E-state index contributed by atoms with van der Waals surface area (Å²) in [6.07, 6.45) is 6.94. The predicted octanol–water partition coefficient (Wildman–Crippen LogP) is 2.91. The van der Waals surface area contributed by atoms with Gasteiger partial charge in [-0.1, -0.05) is 25.2 Å². The van der Waals surface area contributed by atoms with Crippen LogP contribution in [0, 0.1) is 0 Å². The zero-order valence-electron chi connectivity index (χ0n) is 13.9. The van der Waals surface area contributed by atoms with E-state index >= 15 is 0 Å². The number of carbonyl (C=O) groups is 1. The van der Waals surface area contributed by atoms with Crippen molar-refractivity contribution >= 4 is 5.97 Å². The molecule has 0 atom stereocenters. The van der Waals surface area contributed by atoms with Crippen LogP contribution >= 0.6 is 0 Å². The summed E-state index contributed by atoms with van der Waals surface area (Å²) in [5, 5.41) is 20.3. The molecule has 4 heteroatoms. The third kappa shape index (κ3) is 7.83. The Morgan fingerprint density at radius 2 is 1.67 bits per heavy atom. The molecule has 0 aliphatic carbocycles. The highest BCUT2D eigenvalue weighted by atomic mass is 16.5. The zero-order valence-corrected chi connectivity index (χ0v) is 13.9. The van der Waals surface area contributed by atoms with Gasteiger partial charge in [-0.2, -0.15) is 0 Å². The first-order valence-electron chi connectivity index (χ1n) is 7.23. The Bertz CT molecular complexity index is 429. The SMILES string of the molecule is CCOC(=O)/C=C/C=C(\C=C(/CC)C(C)(C)O)C(C)(C)O. The molecule has 2 N–H and O–H groups in total. The quantitative estimate of drug-likeness (QED) is 0.431. The van der Waals surface area contributed by atoms with Gasteiger partial charge in [0.1, 0.15) is 0 Å². The van der Waals surface area contributed by atoms with Crippen LogP contribution in [-0.4, -0.2) is 34.0 Å². The molecule has 0 radical (unpaired) electrons. The summed E-state index contributed by atoms with van der Waals surface area (Å²) in [7, 11) is 0. The molecule has 0 heterocycles. The molecule has 0 fully saturated rings. The maximum atomic E-state index is 11.3. The highest BCUT2D eigenvalue weighted by molar-refractivity contribution is 5.82. The van der Waals surface area contributed by atoms with Gasteiger partial charge < -0.3 is 14.9 Å². The molecule has 0 spiro atoms. The Morgan fingerprint density at radius 3 is 2.05 bits per heavy atom. The summed E-state index contributed by atoms with van der Waals surface area (Å²) in [5.41, 5.74) is -0.614. The van der Waals surface area contributed by atoms with Crippen LogP contribution in [0.4, 0.5) is 0 Å². The number of hydrogen-bond acceptors (Lipinski definition) is 4. The van der Waals surface area contributed by atoms with Gasteiger partial charge in [0.2, 0.25) is 0 Å². The highest BCUT2D eigenvalue weighted by Crippen LogP contribution is 2.25. The highest BCUT2D eigenvalue weighted by Gasteiger charge is 2.22. The van der Waals surface area contributed by atoms with Gasteiger partial charge in [0.25, 0.3) is 0 Å². The first-order valence-corrected chi connectivity index (χ1v) is 7.23. The molecule has 21 heavy (non-hydrogen) atoms. The second-order valence-corrected chi connectivity index (χ2v) is 5.87. The van der Waals surface area contributed by atoms with Crippen LogP contribution in [0.1, 0.15) is 48.0 Å². The topological polar surface area (TPSA) is 66.8 Å². The molecule has 0 aliphatic heterocycles. The number of aliphatic hydroxyl groups is 2. The Kier molecular flexibility index (Phi) is 7.61. The number of allylic oxidation sites excluding steroid dienone is 2. The van der Waals surface area contributed by atoms with Crippen molar-refractivity contribution in [1.29, 1.82) is 0 Å². The molecule has 0 unspecified atom stereocenters. The van der Waals surface area contributed by atoms with Gasteiger partial charge in [0, 0.05) is 6.08 Å². The van der Waals surface area contributed by atoms with E-state index in [1.807, 2.05) is 6.92 Å². The molecule has 0 aromatic heterocycles. The molecular formula is C17H28O4. The summed E-state index contributed by atoms with van der Waals surface area (Å²) >= 11 is 0. The second-order valence-electron chi connectivity index (χ2n) is 5.87. The minimum atomic E-state index is -1.08. The Morgan fingerprint density at radius 1 is 1.10 bits per heavy atom. The van der Waals surface area contributed by atoms with Gasteiger partial charge in [-0.15, -0.1) is 0 Å². The average molecular weight is 296 g/mol. The number of esters is 1. The third-order valence-corrected chi connectivity index (χ3v) is 3.00. The van der Waals surface area contributed by atoms with Crippen LogP contribution in [0.2, 0.25) is 0 Å². The van der Waals surface area contributed by atoms with Crippen LogP contribution in [-0.2, 0) is 9.53 Å². The van der Waals surface area contributed by atoms with E-state index in [2.05, 4.69) is 0 Å². The number of ether oxygens (including phenoxy) is 1. The van der Waals surface area contributed by atoms with Crippen LogP contribution < -0.4 is 0 Å². The van der Waals surface area contributed by atoms with E-state index < -0.39 is 17.2 Å². The van der Waals surface area contributed by atoms with E-state index in [1.54, 1.807) is 52.8 Å². The molecule has 120 valence electrons. The van der Waals surface area contributed by atoms with E-state index in [4.69, 9.17) is 4.74 Å². The van der Waals surface area contributed by atoms with Crippen LogP contribution in [0.5, 0.6) is 0 Å². The van der Waals surface area contributed by atoms with Crippen LogP contribution in [0.3, 0.4) is 0 Å². The number of carbonyl (C=O) groups excluding carboxylic acids is 1. The van der Waals surface area contributed by atoms with Gasteiger partial charge >= 0.3 is 5.97 Å². The molecule has 0 bridgehead atoms. The van der Waals surface area contributed by atoms with E-state index in [0.717, 1.165) is 5.57 Å². The first kappa shape index (κ1) is 19.6. The lowest BCUT2D eigenvalue weighted by atomic mass is 9.89. The number of hydrogen-bond donors (Lipinski definition) is 2. The molecule has 4 nitrogen and oxygen atoms in total. The molecule has 0 amide bonds. The van der Waals surface area contributed by atoms with E-state index in [1.165, 1.54) is 6.08 Å². The summed E-state index contributed by atoms with van der Waals surface area (Å²) in [6, 6.07) is 0. The van der Waals surface area contributed by atoms with E-state index in [9.17, 15) is 15.0 Å². The van der Waals surface area contributed by atoms with E-state index in [0.29, 0.717) is 18.6 Å². The smallest absolute Gasteiger partial charge is 0.330 e. The van der Waals surface area contributed by atoms with Gasteiger partial charge in [0.05, 0.1) is 17.8 Å². The molecular weight excluding hydrogens is 268 g/mol. The molecule has 0 saturated carbocycles. The molecule has 0 rings (SSSR count). The Balaban J connectivity index is 5.42. The minimum Gasteiger partial charge on any atom is -0.463 e. The van der Waals surface area contributed by atoms with Gasteiger partial charge in [-0.25, -0.2) is 4.79 Å². The molecule has 0 aromatic carbocycles. The largest absolute Gasteiger partial charge is 0.463 e. The fraction of sp³-hybridized carbons (Fsp3) is 0.588. The fourth-order valence-corrected chi connectivity index (χ4v) is 1.75. The predicted molar refractivity (Wildman–Crippen MR) is 84.8 cm³/mol. The standard InChI is InChI=1S/C17H28O4/c1-7-13(16(3,4)19)12-14(17(5,6)20)10-9-11-15(18)21-8-2/h9-12,19-20H,7-8H2,1-6H3/b11-9+,13-12+,14-10+. The minimum absolute atomic E-state index is 0.323. The lowest BCUT2D eigenvalue weighted by molar-refractivity contribution is -0.137. The van der Waals surface area contributed by atoms with Gasteiger partial charge in [-0.05, 0) is 52.2 Å². The van der Waals surface area contributed by atoms with Crippen molar-refractivity contribution in [1.82, 2.24) is 0 Å². The molecule has 0 saturated heterocycles. The van der Waals surface area contributed by atoms with E-state index in [-0.39, 0.29) is 0 Å². The van der Waals surface area contributed by atoms with Crippen molar-refractivity contribution in [2.75, 3.05) is 6.61 Å².